The Morgan fingerprint density at radius 3 is 2.35 bits per heavy atom. The van der Waals surface area contributed by atoms with Crippen molar-refractivity contribution in [1.82, 2.24) is 20.1 Å². The monoisotopic (exact) mass is 450 g/mol. The molecule has 156 valence electrons. The first-order valence-electron chi connectivity index (χ1n) is 9.87. The number of rotatable bonds is 7. The minimum Gasteiger partial charge on any atom is -0.349 e. The second-order valence-corrected chi connectivity index (χ2v) is 7.85. The minimum absolute atomic E-state index is 0.136. The Morgan fingerprint density at radius 1 is 0.935 bits per heavy atom. The number of hydrogen-bond donors (Lipinski definition) is 1. The maximum absolute atomic E-state index is 12.7. The SMILES string of the molecule is O=C(NCCc1ccc(Cl)cc1Cl)c1nc(Cc2ccccc2)n(-c2ccccc2)n1. The van der Waals surface area contributed by atoms with Crippen LogP contribution in [0.4, 0.5) is 0 Å². The number of nitrogens with one attached hydrogen (secondary N) is 1. The molecular weight excluding hydrogens is 431 g/mol. The number of carbonyl (C=O) groups is 1. The zero-order valence-corrected chi connectivity index (χ0v) is 18.1. The standard InChI is InChI=1S/C24H20Cl2N4O/c25-19-12-11-18(21(26)16-19)13-14-27-24(31)23-28-22(15-17-7-3-1-4-8-17)30(29-23)20-9-5-2-6-10-20/h1-12,16H,13-15H2,(H,27,31). The van der Waals surface area contributed by atoms with E-state index in [0.717, 1.165) is 16.8 Å². The van der Waals surface area contributed by atoms with Gasteiger partial charge in [0.25, 0.3) is 5.91 Å². The van der Waals surface area contributed by atoms with Crippen LogP contribution >= 0.6 is 23.2 Å². The normalized spacial score (nSPS) is 10.8. The zero-order valence-electron chi connectivity index (χ0n) is 16.6. The number of carbonyl (C=O) groups excluding carboxylic acids is 1. The van der Waals surface area contributed by atoms with Gasteiger partial charge in [-0.15, -0.1) is 5.10 Å². The van der Waals surface area contributed by atoms with Gasteiger partial charge in [0.1, 0.15) is 5.82 Å². The number of para-hydroxylation sites is 1. The maximum Gasteiger partial charge on any atom is 0.290 e. The highest BCUT2D eigenvalue weighted by Crippen LogP contribution is 2.21. The highest BCUT2D eigenvalue weighted by molar-refractivity contribution is 6.35. The molecule has 1 N–H and O–H groups in total. The van der Waals surface area contributed by atoms with Crippen molar-refractivity contribution in [1.29, 1.82) is 0 Å². The largest absolute Gasteiger partial charge is 0.349 e. The molecule has 0 fully saturated rings. The number of nitrogens with zero attached hydrogens (tertiary/aromatic N) is 3. The van der Waals surface area contributed by atoms with E-state index in [4.69, 9.17) is 23.2 Å². The molecule has 4 rings (SSSR count). The lowest BCUT2D eigenvalue weighted by Crippen LogP contribution is -2.27. The van der Waals surface area contributed by atoms with E-state index in [0.29, 0.717) is 35.3 Å². The third-order valence-electron chi connectivity index (χ3n) is 4.78. The molecule has 1 amide bonds. The van der Waals surface area contributed by atoms with E-state index in [9.17, 15) is 4.79 Å². The van der Waals surface area contributed by atoms with Gasteiger partial charge < -0.3 is 5.32 Å². The van der Waals surface area contributed by atoms with Crippen molar-refractivity contribution in [2.24, 2.45) is 0 Å². The molecule has 1 heterocycles. The van der Waals surface area contributed by atoms with E-state index in [2.05, 4.69) is 15.4 Å². The van der Waals surface area contributed by atoms with Gasteiger partial charge in [0.15, 0.2) is 0 Å². The molecule has 0 spiro atoms. The van der Waals surface area contributed by atoms with Crippen LogP contribution in [0.2, 0.25) is 10.0 Å². The summed E-state index contributed by atoms with van der Waals surface area (Å²) in [5.41, 5.74) is 2.86. The summed E-state index contributed by atoms with van der Waals surface area (Å²) >= 11 is 12.1. The first-order valence-corrected chi connectivity index (χ1v) is 10.6. The van der Waals surface area contributed by atoms with Crippen LogP contribution in [0.3, 0.4) is 0 Å². The molecule has 0 aliphatic rings. The third-order valence-corrected chi connectivity index (χ3v) is 5.37. The molecular formula is C24H20Cl2N4O. The Morgan fingerprint density at radius 2 is 1.65 bits per heavy atom. The number of halogens is 2. The zero-order chi connectivity index (χ0) is 21.6. The molecule has 0 bridgehead atoms. The summed E-state index contributed by atoms with van der Waals surface area (Å²) in [4.78, 5) is 17.3. The fourth-order valence-corrected chi connectivity index (χ4v) is 3.73. The molecule has 0 atom stereocenters. The predicted molar refractivity (Wildman–Crippen MR) is 123 cm³/mol. The van der Waals surface area contributed by atoms with Gasteiger partial charge >= 0.3 is 0 Å². The third kappa shape index (κ3) is 5.32. The van der Waals surface area contributed by atoms with E-state index in [1.165, 1.54) is 0 Å². The summed E-state index contributed by atoms with van der Waals surface area (Å²) in [6.45, 7) is 0.411. The lowest BCUT2D eigenvalue weighted by atomic mass is 10.1. The molecule has 0 aliphatic carbocycles. The molecule has 0 unspecified atom stereocenters. The number of hydrogen-bond acceptors (Lipinski definition) is 3. The quantitative estimate of drug-likeness (QED) is 0.424. The Balaban J connectivity index is 1.51. The Hall–Kier alpha value is -3.15. The van der Waals surface area contributed by atoms with Gasteiger partial charge in [-0.1, -0.05) is 77.8 Å². The van der Waals surface area contributed by atoms with Gasteiger partial charge in [-0.25, -0.2) is 9.67 Å². The Kier molecular flexibility index (Phi) is 6.65. The molecule has 0 aliphatic heterocycles. The average Bonchev–Trinajstić information content (AvgIpc) is 3.20. The lowest BCUT2D eigenvalue weighted by Gasteiger charge is -2.06. The second kappa shape index (κ2) is 9.77. The van der Waals surface area contributed by atoms with Gasteiger partial charge in [-0.3, -0.25) is 4.79 Å². The summed E-state index contributed by atoms with van der Waals surface area (Å²) in [7, 11) is 0. The molecule has 1 aromatic heterocycles. The Bertz CT molecular complexity index is 1180. The molecule has 7 heteroatoms. The summed E-state index contributed by atoms with van der Waals surface area (Å²) in [5, 5.41) is 8.52. The highest BCUT2D eigenvalue weighted by atomic mass is 35.5. The minimum atomic E-state index is -0.325. The molecule has 0 saturated carbocycles. The van der Waals surface area contributed by atoms with Crippen molar-refractivity contribution < 1.29 is 4.79 Å². The Labute approximate surface area is 190 Å². The van der Waals surface area contributed by atoms with E-state index in [-0.39, 0.29) is 11.7 Å². The topological polar surface area (TPSA) is 59.8 Å². The smallest absolute Gasteiger partial charge is 0.290 e. The van der Waals surface area contributed by atoms with Crippen molar-refractivity contribution in [3.05, 3.63) is 112 Å². The fraction of sp³-hybridized carbons (Fsp3) is 0.125. The maximum atomic E-state index is 12.7. The fourth-order valence-electron chi connectivity index (χ4n) is 3.22. The van der Waals surface area contributed by atoms with Crippen LogP contribution in [-0.2, 0) is 12.8 Å². The van der Waals surface area contributed by atoms with Crippen LogP contribution in [0.5, 0.6) is 0 Å². The van der Waals surface area contributed by atoms with Crippen LogP contribution in [0.1, 0.15) is 27.6 Å². The van der Waals surface area contributed by atoms with Crippen molar-refractivity contribution in [3.8, 4) is 5.69 Å². The number of aromatic nitrogens is 3. The summed E-state index contributed by atoms with van der Waals surface area (Å²) in [5.74, 6) is 0.509. The molecule has 3 aromatic carbocycles. The van der Waals surface area contributed by atoms with Crippen molar-refractivity contribution in [2.45, 2.75) is 12.8 Å². The summed E-state index contributed by atoms with van der Waals surface area (Å²) < 4.78 is 1.72. The van der Waals surface area contributed by atoms with Gasteiger partial charge in [0.05, 0.1) is 5.69 Å². The van der Waals surface area contributed by atoms with Crippen LogP contribution in [0, 0.1) is 0 Å². The van der Waals surface area contributed by atoms with Crippen LogP contribution < -0.4 is 5.32 Å². The van der Waals surface area contributed by atoms with E-state index < -0.39 is 0 Å². The first kappa shape index (κ1) is 21.1. The van der Waals surface area contributed by atoms with E-state index in [1.54, 1.807) is 16.8 Å². The predicted octanol–water partition coefficient (Wildman–Crippen LogP) is 5.14. The first-order chi connectivity index (χ1) is 15.1. The van der Waals surface area contributed by atoms with Crippen LogP contribution in [0.25, 0.3) is 5.69 Å². The lowest BCUT2D eigenvalue weighted by molar-refractivity contribution is 0.0944. The van der Waals surface area contributed by atoms with Crippen molar-refractivity contribution in [2.75, 3.05) is 6.54 Å². The van der Waals surface area contributed by atoms with Gasteiger partial charge in [-0.2, -0.15) is 0 Å². The highest BCUT2D eigenvalue weighted by Gasteiger charge is 2.17. The van der Waals surface area contributed by atoms with Crippen LogP contribution in [0.15, 0.2) is 78.9 Å². The van der Waals surface area contributed by atoms with Crippen molar-refractivity contribution in [3.63, 3.8) is 0 Å². The van der Waals surface area contributed by atoms with E-state index >= 15 is 0 Å². The second-order valence-electron chi connectivity index (χ2n) is 7.00. The van der Waals surface area contributed by atoms with Gasteiger partial charge in [0, 0.05) is 23.0 Å². The molecule has 5 nitrogen and oxygen atoms in total. The molecule has 31 heavy (non-hydrogen) atoms. The molecule has 0 radical (unpaired) electrons. The summed E-state index contributed by atoms with van der Waals surface area (Å²) in [6.07, 6.45) is 1.15. The van der Waals surface area contributed by atoms with Crippen LogP contribution in [-0.4, -0.2) is 27.2 Å². The van der Waals surface area contributed by atoms with E-state index in [1.807, 2.05) is 66.7 Å². The summed E-state index contributed by atoms with van der Waals surface area (Å²) in [6, 6.07) is 25.0. The number of amides is 1. The molecule has 0 saturated heterocycles. The van der Waals surface area contributed by atoms with Crippen molar-refractivity contribution >= 4 is 29.1 Å². The number of benzene rings is 3. The molecule has 4 aromatic rings. The van der Waals surface area contributed by atoms with Gasteiger partial charge in [0.2, 0.25) is 5.82 Å². The van der Waals surface area contributed by atoms with Gasteiger partial charge in [-0.05, 0) is 41.8 Å². The average molecular weight is 451 g/mol.